The Morgan fingerprint density at radius 1 is 0.909 bits per heavy atom. The van der Waals surface area contributed by atoms with E-state index >= 15 is 0 Å². The summed E-state index contributed by atoms with van der Waals surface area (Å²) in [6.07, 6.45) is 1.01. The maximum Gasteiger partial charge on any atom is 0.323 e. The van der Waals surface area contributed by atoms with Crippen LogP contribution in [0.4, 0.5) is 4.39 Å². The van der Waals surface area contributed by atoms with Crippen LogP contribution in [0.1, 0.15) is 52.0 Å². The summed E-state index contributed by atoms with van der Waals surface area (Å²) >= 11 is 0. The molecule has 0 unspecified atom stereocenters. The summed E-state index contributed by atoms with van der Waals surface area (Å²) in [7, 11) is 0.354. The van der Waals surface area contributed by atoms with Gasteiger partial charge in [0.1, 0.15) is 5.82 Å². The summed E-state index contributed by atoms with van der Waals surface area (Å²) in [5.74, 6) is -1.95. The fraction of sp³-hybridized carbons (Fsp3) is 0.481. The first-order valence-electron chi connectivity index (χ1n) is 11.6. The number of benzene rings is 2. The average molecular weight is 471 g/mol. The van der Waals surface area contributed by atoms with Crippen LogP contribution >= 0.6 is 0 Å². The molecule has 0 bridgehead atoms. The van der Waals surface area contributed by atoms with Crippen LogP contribution in [-0.2, 0) is 19.1 Å². The van der Waals surface area contributed by atoms with E-state index in [1.807, 2.05) is 6.07 Å². The Labute approximate surface area is 197 Å². The second kappa shape index (κ2) is 9.80. The molecule has 2 aromatic rings. The summed E-state index contributed by atoms with van der Waals surface area (Å²) in [6, 6.07) is 16.7. The van der Waals surface area contributed by atoms with Crippen LogP contribution in [0, 0.1) is 11.2 Å². The van der Waals surface area contributed by atoms with Crippen molar-refractivity contribution in [3.63, 3.8) is 0 Å². The van der Waals surface area contributed by atoms with Crippen LogP contribution in [0.15, 0.2) is 54.6 Å². The van der Waals surface area contributed by atoms with E-state index in [9.17, 15) is 14.0 Å². The van der Waals surface area contributed by atoms with Gasteiger partial charge in [-0.2, -0.15) is 0 Å². The molecule has 1 aliphatic carbocycles. The molecule has 6 heteroatoms. The minimum Gasteiger partial charge on any atom is -0.468 e. The van der Waals surface area contributed by atoms with Gasteiger partial charge >= 0.3 is 11.9 Å². The van der Waals surface area contributed by atoms with Crippen molar-refractivity contribution in [2.75, 3.05) is 14.2 Å². The fourth-order valence-electron chi connectivity index (χ4n) is 6.72. The van der Waals surface area contributed by atoms with Gasteiger partial charge in [0.05, 0.1) is 22.3 Å². The van der Waals surface area contributed by atoms with Crippen molar-refractivity contribution < 1.29 is 23.5 Å². The minimum absolute atomic E-state index is 0.133. The first-order valence-corrected chi connectivity index (χ1v) is 13.9. The Kier molecular flexibility index (Phi) is 7.47. The smallest absolute Gasteiger partial charge is 0.323 e. The van der Waals surface area contributed by atoms with Crippen LogP contribution in [0.2, 0.25) is 16.6 Å². The van der Waals surface area contributed by atoms with E-state index in [-0.39, 0.29) is 11.4 Å². The van der Waals surface area contributed by atoms with Crippen LogP contribution < -0.4 is 5.19 Å². The zero-order chi connectivity index (χ0) is 24.4. The van der Waals surface area contributed by atoms with Crippen LogP contribution in [0.5, 0.6) is 0 Å². The number of rotatable bonds is 7. The topological polar surface area (TPSA) is 52.6 Å². The van der Waals surface area contributed by atoms with Crippen molar-refractivity contribution >= 4 is 25.2 Å². The second-order valence-corrected chi connectivity index (χ2v) is 15.4. The molecular weight excluding hydrogens is 435 g/mol. The van der Waals surface area contributed by atoms with Crippen molar-refractivity contribution in [1.29, 1.82) is 0 Å². The molecule has 2 atom stereocenters. The van der Waals surface area contributed by atoms with Gasteiger partial charge in [0, 0.05) is 5.92 Å². The molecule has 0 N–H and O–H groups in total. The average Bonchev–Trinajstić information content (AvgIpc) is 3.21. The molecule has 1 fully saturated rings. The predicted molar refractivity (Wildman–Crippen MR) is 131 cm³/mol. The highest BCUT2D eigenvalue weighted by atomic mass is 28.3. The largest absolute Gasteiger partial charge is 0.468 e. The third kappa shape index (κ3) is 4.03. The maximum absolute atomic E-state index is 13.7. The molecule has 33 heavy (non-hydrogen) atoms. The first kappa shape index (κ1) is 25.2. The quantitative estimate of drug-likeness (QED) is 0.301. The highest BCUT2D eigenvalue weighted by Crippen LogP contribution is 2.61. The lowest BCUT2D eigenvalue weighted by Crippen LogP contribution is -2.56. The molecule has 0 heterocycles. The fourth-order valence-corrected chi connectivity index (χ4v) is 13.8. The molecule has 1 saturated carbocycles. The Bertz CT molecular complexity index is 947. The molecule has 0 spiro atoms. The van der Waals surface area contributed by atoms with Gasteiger partial charge in [0.25, 0.3) is 0 Å². The van der Waals surface area contributed by atoms with Crippen molar-refractivity contribution in [1.82, 2.24) is 0 Å². The first-order chi connectivity index (χ1) is 15.7. The normalized spacial score (nSPS) is 20.2. The Morgan fingerprint density at radius 3 is 1.88 bits per heavy atom. The highest BCUT2D eigenvalue weighted by Gasteiger charge is 2.65. The van der Waals surface area contributed by atoms with Gasteiger partial charge in [0.2, 0.25) is 0 Å². The molecule has 1 aliphatic rings. The lowest BCUT2D eigenvalue weighted by Gasteiger charge is -2.45. The van der Waals surface area contributed by atoms with Gasteiger partial charge < -0.3 is 9.47 Å². The number of hydrogen-bond acceptors (Lipinski definition) is 4. The lowest BCUT2D eigenvalue weighted by molar-refractivity contribution is -0.170. The molecule has 178 valence electrons. The molecule has 0 saturated heterocycles. The van der Waals surface area contributed by atoms with Crippen LogP contribution in [0.25, 0.3) is 0 Å². The zero-order valence-corrected chi connectivity index (χ0v) is 21.4. The van der Waals surface area contributed by atoms with Gasteiger partial charge in [-0.15, -0.1) is 0 Å². The molecule has 0 aromatic heterocycles. The van der Waals surface area contributed by atoms with Crippen LogP contribution in [0.3, 0.4) is 0 Å². The van der Waals surface area contributed by atoms with E-state index < -0.39 is 31.3 Å². The third-order valence-electron chi connectivity index (χ3n) is 7.92. The number of hydrogen-bond donors (Lipinski definition) is 0. The van der Waals surface area contributed by atoms with Crippen molar-refractivity contribution in [2.45, 2.75) is 63.1 Å². The van der Waals surface area contributed by atoms with Crippen LogP contribution in [-0.4, -0.2) is 34.2 Å². The van der Waals surface area contributed by atoms with Gasteiger partial charge in [-0.1, -0.05) is 75.3 Å². The summed E-state index contributed by atoms with van der Waals surface area (Å²) in [5.41, 5.74) is 0.198. The zero-order valence-electron chi connectivity index (χ0n) is 20.4. The maximum atomic E-state index is 13.7. The molecule has 0 radical (unpaired) electrons. The standard InChI is InChI=1S/C27H35FO4Si/c1-18(2)33(19(3)4,22-10-8-7-9-11-22)23-16-24(20-12-14-21(28)15-13-20)27(17-23,25(29)31-5)26(30)32-6/h7-15,18-19,23-24H,16-17H2,1-6H3/t23-,24-/m1/s1. The van der Waals surface area contributed by atoms with E-state index in [1.54, 1.807) is 12.1 Å². The molecule has 2 aromatic carbocycles. The minimum atomic E-state index is -2.27. The predicted octanol–water partition coefficient (Wildman–Crippen LogP) is 5.58. The molecule has 0 aliphatic heterocycles. The number of esters is 2. The number of halogens is 1. The van der Waals surface area contributed by atoms with Crippen molar-refractivity contribution in [2.24, 2.45) is 5.41 Å². The molecular formula is C27H35FO4Si. The Morgan fingerprint density at radius 2 is 1.42 bits per heavy atom. The summed E-state index contributed by atoms with van der Waals surface area (Å²) in [6.45, 7) is 9.07. The third-order valence-corrected chi connectivity index (χ3v) is 14.9. The summed E-state index contributed by atoms with van der Waals surface area (Å²) in [4.78, 5) is 26.7. The lowest BCUT2D eigenvalue weighted by atomic mass is 9.74. The van der Waals surface area contributed by atoms with E-state index in [0.29, 0.717) is 23.9 Å². The summed E-state index contributed by atoms with van der Waals surface area (Å²) in [5, 5.41) is 1.34. The highest BCUT2D eigenvalue weighted by molar-refractivity contribution is 6.95. The Balaban J connectivity index is 2.26. The van der Waals surface area contributed by atoms with Gasteiger partial charge in [-0.3, -0.25) is 9.59 Å². The van der Waals surface area contributed by atoms with E-state index in [1.165, 1.54) is 31.5 Å². The van der Waals surface area contributed by atoms with Crippen molar-refractivity contribution in [3.8, 4) is 0 Å². The molecule has 3 rings (SSSR count). The monoisotopic (exact) mass is 470 g/mol. The van der Waals surface area contributed by atoms with Gasteiger partial charge in [0.15, 0.2) is 5.41 Å². The van der Waals surface area contributed by atoms with Crippen molar-refractivity contribution in [3.05, 3.63) is 66.0 Å². The number of ether oxygens (including phenoxy) is 2. The second-order valence-electron chi connectivity index (χ2n) is 9.80. The number of carbonyl (C=O) groups excluding carboxylic acids is 2. The summed E-state index contributed by atoms with van der Waals surface area (Å²) < 4.78 is 24.2. The molecule has 4 nitrogen and oxygen atoms in total. The molecule has 0 amide bonds. The van der Waals surface area contributed by atoms with E-state index in [2.05, 4.69) is 52.0 Å². The van der Waals surface area contributed by atoms with Gasteiger partial charge in [-0.05, 0) is 47.2 Å². The SMILES string of the molecule is COC(=O)C1(C(=O)OC)C[C@H]([Si](c2ccccc2)(C(C)C)C(C)C)C[C@@H]1c1ccc(F)cc1. The van der Waals surface area contributed by atoms with E-state index in [4.69, 9.17) is 9.47 Å². The van der Waals surface area contributed by atoms with Gasteiger partial charge in [-0.25, -0.2) is 4.39 Å². The Hall–Kier alpha value is -2.47. The number of carbonyl (C=O) groups is 2. The van der Waals surface area contributed by atoms with E-state index in [0.717, 1.165) is 5.56 Å². The number of methoxy groups -OCH3 is 2.